The quantitative estimate of drug-likeness (QED) is 0.473. The molecule has 144 valence electrons. The second kappa shape index (κ2) is 8.58. The molecular weight excluding hydrogens is 388 g/mol. The maximum absolute atomic E-state index is 12.6. The Morgan fingerprint density at radius 3 is 2.24 bits per heavy atom. The number of aromatic nitrogens is 2. The SMILES string of the molecule is O=C(Nc1ccccc1)N[C@H](c1ccccc1)c1nnc(-c2ccccc2Cl)o1. The van der Waals surface area contributed by atoms with E-state index in [0.717, 1.165) is 5.56 Å². The maximum Gasteiger partial charge on any atom is 0.320 e. The molecule has 2 N–H and O–H groups in total. The fourth-order valence-corrected chi connectivity index (χ4v) is 3.06. The van der Waals surface area contributed by atoms with Crippen LogP contribution in [0.1, 0.15) is 17.5 Å². The fourth-order valence-electron chi connectivity index (χ4n) is 2.85. The second-order valence-electron chi connectivity index (χ2n) is 6.23. The first-order valence-electron chi connectivity index (χ1n) is 8.96. The molecule has 1 aromatic heterocycles. The number of halogens is 1. The molecule has 0 saturated carbocycles. The van der Waals surface area contributed by atoms with Crippen molar-refractivity contribution in [1.29, 1.82) is 0 Å². The van der Waals surface area contributed by atoms with Gasteiger partial charge in [-0.2, -0.15) is 0 Å². The van der Waals surface area contributed by atoms with E-state index in [0.29, 0.717) is 16.3 Å². The van der Waals surface area contributed by atoms with E-state index in [-0.39, 0.29) is 17.8 Å². The normalized spacial score (nSPS) is 11.6. The molecule has 0 saturated heterocycles. The van der Waals surface area contributed by atoms with Gasteiger partial charge in [-0.25, -0.2) is 4.79 Å². The number of amides is 2. The van der Waals surface area contributed by atoms with Crippen LogP contribution < -0.4 is 10.6 Å². The van der Waals surface area contributed by atoms with E-state index in [1.54, 1.807) is 24.3 Å². The lowest BCUT2D eigenvalue weighted by molar-refractivity contribution is 0.248. The third kappa shape index (κ3) is 4.44. The van der Waals surface area contributed by atoms with Gasteiger partial charge >= 0.3 is 6.03 Å². The third-order valence-electron chi connectivity index (χ3n) is 4.23. The van der Waals surface area contributed by atoms with Crippen LogP contribution in [0.4, 0.5) is 10.5 Å². The molecule has 0 aliphatic rings. The van der Waals surface area contributed by atoms with Crippen molar-refractivity contribution in [3.05, 3.63) is 101 Å². The largest absolute Gasteiger partial charge is 0.418 e. The Bertz CT molecular complexity index is 1100. The summed E-state index contributed by atoms with van der Waals surface area (Å²) in [5.74, 6) is 0.547. The molecule has 6 nitrogen and oxygen atoms in total. The molecule has 3 aromatic carbocycles. The Balaban J connectivity index is 1.62. The maximum atomic E-state index is 12.6. The number of nitrogens with zero attached hydrogens (tertiary/aromatic N) is 2. The van der Waals surface area contributed by atoms with Gasteiger partial charge in [-0.1, -0.05) is 72.3 Å². The van der Waals surface area contributed by atoms with Gasteiger partial charge in [-0.05, 0) is 29.8 Å². The Hall–Kier alpha value is -3.64. The summed E-state index contributed by atoms with van der Waals surface area (Å²) in [6, 6.07) is 24.8. The van der Waals surface area contributed by atoms with Crippen molar-refractivity contribution in [3.8, 4) is 11.5 Å². The van der Waals surface area contributed by atoms with Crippen LogP contribution in [-0.4, -0.2) is 16.2 Å². The zero-order valence-corrected chi connectivity index (χ0v) is 16.0. The van der Waals surface area contributed by atoms with Gasteiger partial charge in [0.05, 0.1) is 10.6 Å². The van der Waals surface area contributed by atoms with Gasteiger partial charge in [-0.15, -0.1) is 10.2 Å². The summed E-state index contributed by atoms with van der Waals surface area (Å²) in [6.45, 7) is 0. The van der Waals surface area contributed by atoms with Gasteiger partial charge in [0.1, 0.15) is 6.04 Å². The third-order valence-corrected chi connectivity index (χ3v) is 4.56. The van der Waals surface area contributed by atoms with Crippen LogP contribution in [0.5, 0.6) is 0 Å². The lowest BCUT2D eigenvalue weighted by Gasteiger charge is -2.16. The Morgan fingerprint density at radius 1 is 0.862 bits per heavy atom. The van der Waals surface area contributed by atoms with Crippen LogP contribution in [0.15, 0.2) is 89.3 Å². The summed E-state index contributed by atoms with van der Waals surface area (Å²) in [5.41, 5.74) is 2.12. The highest BCUT2D eigenvalue weighted by Crippen LogP contribution is 2.29. The van der Waals surface area contributed by atoms with E-state index in [4.69, 9.17) is 16.0 Å². The lowest BCUT2D eigenvalue weighted by Crippen LogP contribution is -2.33. The molecule has 0 aliphatic heterocycles. The zero-order chi connectivity index (χ0) is 20.1. The average molecular weight is 405 g/mol. The Labute approximate surface area is 172 Å². The summed E-state index contributed by atoms with van der Waals surface area (Å²) in [5, 5.41) is 14.5. The Kier molecular flexibility index (Phi) is 5.54. The van der Waals surface area contributed by atoms with Crippen LogP contribution in [-0.2, 0) is 0 Å². The van der Waals surface area contributed by atoms with Crippen molar-refractivity contribution in [1.82, 2.24) is 15.5 Å². The number of carbonyl (C=O) groups is 1. The van der Waals surface area contributed by atoms with E-state index in [2.05, 4.69) is 20.8 Å². The number of nitrogens with one attached hydrogen (secondary N) is 2. The number of para-hydroxylation sites is 1. The molecule has 0 unspecified atom stereocenters. The molecule has 1 heterocycles. The van der Waals surface area contributed by atoms with Crippen molar-refractivity contribution >= 4 is 23.3 Å². The predicted octanol–water partition coefficient (Wildman–Crippen LogP) is 5.30. The fraction of sp³-hybridized carbons (Fsp3) is 0.0455. The molecule has 0 bridgehead atoms. The van der Waals surface area contributed by atoms with E-state index < -0.39 is 6.04 Å². The van der Waals surface area contributed by atoms with Crippen molar-refractivity contribution in [2.24, 2.45) is 0 Å². The Morgan fingerprint density at radius 2 is 1.52 bits per heavy atom. The van der Waals surface area contributed by atoms with Crippen LogP contribution in [0.3, 0.4) is 0 Å². The standard InChI is InChI=1S/C22H17ClN4O2/c23-18-14-8-7-13-17(18)20-26-27-21(29-20)19(15-9-3-1-4-10-15)25-22(28)24-16-11-5-2-6-12-16/h1-14,19H,(H2,24,25,28)/t19-/m1/s1. The lowest BCUT2D eigenvalue weighted by atomic mass is 10.1. The first-order valence-corrected chi connectivity index (χ1v) is 9.34. The highest BCUT2D eigenvalue weighted by Gasteiger charge is 2.24. The summed E-state index contributed by atoms with van der Waals surface area (Å²) in [4.78, 5) is 12.6. The molecule has 0 aliphatic carbocycles. The number of hydrogen-bond acceptors (Lipinski definition) is 4. The van der Waals surface area contributed by atoms with Crippen LogP contribution in [0, 0.1) is 0 Å². The molecule has 0 fully saturated rings. The number of hydrogen-bond donors (Lipinski definition) is 2. The van der Waals surface area contributed by atoms with Gasteiger partial charge < -0.3 is 15.1 Å². The minimum atomic E-state index is -0.622. The van der Waals surface area contributed by atoms with Gasteiger partial charge in [0, 0.05) is 5.69 Å². The molecule has 0 spiro atoms. The van der Waals surface area contributed by atoms with E-state index in [1.807, 2.05) is 60.7 Å². The first kappa shape index (κ1) is 18.7. The number of benzene rings is 3. The molecular formula is C22H17ClN4O2. The van der Waals surface area contributed by atoms with Crippen molar-refractivity contribution in [3.63, 3.8) is 0 Å². The number of rotatable bonds is 5. The topological polar surface area (TPSA) is 80.0 Å². The van der Waals surface area contributed by atoms with E-state index in [9.17, 15) is 4.79 Å². The zero-order valence-electron chi connectivity index (χ0n) is 15.2. The van der Waals surface area contributed by atoms with Crippen molar-refractivity contribution in [2.75, 3.05) is 5.32 Å². The van der Waals surface area contributed by atoms with Crippen LogP contribution in [0.2, 0.25) is 5.02 Å². The molecule has 2 amide bonds. The first-order chi connectivity index (χ1) is 14.2. The van der Waals surface area contributed by atoms with Gasteiger partial charge in [0.25, 0.3) is 0 Å². The average Bonchev–Trinajstić information content (AvgIpc) is 3.23. The number of carbonyl (C=O) groups excluding carboxylic acids is 1. The van der Waals surface area contributed by atoms with Crippen molar-refractivity contribution in [2.45, 2.75) is 6.04 Å². The highest BCUT2D eigenvalue weighted by molar-refractivity contribution is 6.33. The van der Waals surface area contributed by atoms with Gasteiger partial charge in [0.2, 0.25) is 11.8 Å². The molecule has 7 heteroatoms. The van der Waals surface area contributed by atoms with Crippen molar-refractivity contribution < 1.29 is 9.21 Å². The predicted molar refractivity (Wildman–Crippen MR) is 112 cm³/mol. The highest BCUT2D eigenvalue weighted by atomic mass is 35.5. The summed E-state index contributed by atoms with van der Waals surface area (Å²) in [6.07, 6.45) is 0. The van der Waals surface area contributed by atoms with Gasteiger partial charge in [-0.3, -0.25) is 0 Å². The summed E-state index contributed by atoms with van der Waals surface area (Å²) < 4.78 is 5.87. The molecule has 4 aromatic rings. The molecule has 0 radical (unpaired) electrons. The summed E-state index contributed by atoms with van der Waals surface area (Å²) >= 11 is 6.23. The smallest absolute Gasteiger partial charge is 0.320 e. The monoisotopic (exact) mass is 404 g/mol. The van der Waals surface area contributed by atoms with Crippen LogP contribution in [0.25, 0.3) is 11.5 Å². The minimum Gasteiger partial charge on any atom is -0.418 e. The molecule has 4 rings (SSSR count). The minimum absolute atomic E-state index is 0.259. The van der Waals surface area contributed by atoms with Gasteiger partial charge in [0.15, 0.2) is 0 Å². The number of urea groups is 1. The summed E-state index contributed by atoms with van der Waals surface area (Å²) in [7, 11) is 0. The molecule has 1 atom stereocenters. The molecule has 29 heavy (non-hydrogen) atoms. The van der Waals surface area contributed by atoms with Crippen LogP contribution >= 0.6 is 11.6 Å². The second-order valence-corrected chi connectivity index (χ2v) is 6.64. The number of anilines is 1. The van der Waals surface area contributed by atoms with E-state index >= 15 is 0 Å². The van der Waals surface area contributed by atoms with E-state index in [1.165, 1.54) is 0 Å².